The minimum atomic E-state index is -0.689. The monoisotopic (exact) mass is 329 g/mol. The van der Waals surface area contributed by atoms with Crippen LogP contribution in [0.1, 0.15) is 18.4 Å². The third kappa shape index (κ3) is 4.49. The first-order chi connectivity index (χ1) is 11.7. The van der Waals surface area contributed by atoms with E-state index in [0.717, 1.165) is 17.0 Å². The summed E-state index contributed by atoms with van der Waals surface area (Å²) in [7, 11) is 1.60. The molecule has 0 unspecified atom stereocenters. The molecule has 5 nitrogen and oxygen atoms in total. The standard InChI is InChI=1S/C19H23NO4/c1-3-24-19(22)18(17(13-21)14-7-5-4-6-8-14)20-15-9-11-16(23-2)12-10-15/h4-12,17-18,20-21H,3,13H2,1-2H3/t17-,18-/m0/s1. The number of carbonyl (C=O) groups is 1. The average Bonchev–Trinajstić information content (AvgIpc) is 2.63. The maximum absolute atomic E-state index is 12.4. The van der Waals surface area contributed by atoms with Crippen molar-refractivity contribution in [2.24, 2.45) is 0 Å². The van der Waals surface area contributed by atoms with Gasteiger partial charge in [-0.15, -0.1) is 0 Å². The fourth-order valence-electron chi connectivity index (χ4n) is 2.53. The van der Waals surface area contributed by atoms with Gasteiger partial charge in [0.1, 0.15) is 11.8 Å². The lowest BCUT2D eigenvalue weighted by Crippen LogP contribution is -2.38. The number of hydrogen-bond donors (Lipinski definition) is 2. The lowest BCUT2D eigenvalue weighted by atomic mass is 9.92. The summed E-state index contributed by atoms with van der Waals surface area (Å²) in [6.45, 7) is 1.88. The summed E-state index contributed by atoms with van der Waals surface area (Å²) < 4.78 is 10.3. The van der Waals surface area contributed by atoms with E-state index in [1.807, 2.05) is 42.5 Å². The molecule has 5 heteroatoms. The Bertz CT molecular complexity index is 628. The van der Waals surface area contributed by atoms with Crippen LogP contribution in [0.2, 0.25) is 0 Å². The molecule has 0 aliphatic carbocycles. The largest absolute Gasteiger partial charge is 0.497 e. The summed E-state index contributed by atoms with van der Waals surface area (Å²) in [6.07, 6.45) is 0. The van der Waals surface area contributed by atoms with Gasteiger partial charge in [0, 0.05) is 11.6 Å². The number of aliphatic hydroxyl groups is 1. The molecule has 0 bridgehead atoms. The maximum atomic E-state index is 12.4. The third-order valence-corrected chi connectivity index (χ3v) is 3.78. The van der Waals surface area contributed by atoms with Gasteiger partial charge in [-0.3, -0.25) is 0 Å². The molecule has 0 saturated carbocycles. The van der Waals surface area contributed by atoms with E-state index in [0.29, 0.717) is 0 Å². The van der Waals surface area contributed by atoms with Gasteiger partial charge in [-0.1, -0.05) is 30.3 Å². The molecule has 0 amide bonds. The highest BCUT2D eigenvalue weighted by molar-refractivity contribution is 5.81. The minimum Gasteiger partial charge on any atom is -0.497 e. The maximum Gasteiger partial charge on any atom is 0.329 e. The summed E-state index contributed by atoms with van der Waals surface area (Å²) >= 11 is 0. The van der Waals surface area contributed by atoms with Crippen LogP contribution in [0.3, 0.4) is 0 Å². The fourth-order valence-corrected chi connectivity index (χ4v) is 2.53. The Kier molecular flexibility index (Phi) is 6.63. The van der Waals surface area contributed by atoms with Crippen LogP contribution in [0.25, 0.3) is 0 Å². The molecule has 2 rings (SSSR count). The normalized spacial score (nSPS) is 13.0. The second kappa shape index (κ2) is 8.93. The molecule has 0 aliphatic rings. The van der Waals surface area contributed by atoms with E-state index in [2.05, 4.69) is 5.32 Å². The van der Waals surface area contributed by atoms with E-state index in [1.54, 1.807) is 26.2 Å². The number of aliphatic hydroxyl groups excluding tert-OH is 1. The van der Waals surface area contributed by atoms with Crippen molar-refractivity contribution in [3.05, 3.63) is 60.2 Å². The number of benzene rings is 2. The predicted molar refractivity (Wildman–Crippen MR) is 93.3 cm³/mol. The number of hydrogen-bond acceptors (Lipinski definition) is 5. The molecular formula is C19H23NO4. The summed E-state index contributed by atoms with van der Waals surface area (Å²) in [5.41, 5.74) is 1.63. The zero-order valence-corrected chi connectivity index (χ0v) is 13.9. The Morgan fingerprint density at radius 1 is 1.12 bits per heavy atom. The second-order valence-electron chi connectivity index (χ2n) is 5.30. The van der Waals surface area contributed by atoms with Crippen LogP contribution in [0.5, 0.6) is 5.75 Å². The lowest BCUT2D eigenvalue weighted by Gasteiger charge is -2.26. The topological polar surface area (TPSA) is 67.8 Å². The molecule has 128 valence electrons. The Balaban J connectivity index is 2.27. The molecular weight excluding hydrogens is 306 g/mol. The number of rotatable bonds is 8. The molecule has 2 aromatic carbocycles. The molecule has 0 heterocycles. The molecule has 0 fully saturated rings. The quantitative estimate of drug-likeness (QED) is 0.729. The Labute approximate surface area is 142 Å². The van der Waals surface area contributed by atoms with E-state index >= 15 is 0 Å². The van der Waals surface area contributed by atoms with Crippen LogP contribution >= 0.6 is 0 Å². The summed E-state index contributed by atoms with van der Waals surface area (Å²) in [5.74, 6) is -0.0708. The van der Waals surface area contributed by atoms with Crippen molar-refractivity contribution < 1.29 is 19.4 Å². The van der Waals surface area contributed by atoms with Gasteiger partial charge < -0.3 is 19.9 Å². The second-order valence-corrected chi connectivity index (χ2v) is 5.30. The number of esters is 1. The van der Waals surface area contributed by atoms with E-state index < -0.39 is 17.9 Å². The molecule has 2 N–H and O–H groups in total. The number of methoxy groups -OCH3 is 1. The van der Waals surface area contributed by atoms with Crippen LogP contribution in [0.15, 0.2) is 54.6 Å². The molecule has 0 spiro atoms. The van der Waals surface area contributed by atoms with Gasteiger partial charge in [0.25, 0.3) is 0 Å². The molecule has 0 radical (unpaired) electrons. The van der Waals surface area contributed by atoms with Crippen molar-refractivity contribution in [3.8, 4) is 5.75 Å². The van der Waals surface area contributed by atoms with Gasteiger partial charge >= 0.3 is 5.97 Å². The number of anilines is 1. The summed E-state index contributed by atoms with van der Waals surface area (Å²) in [4.78, 5) is 12.4. The highest BCUT2D eigenvalue weighted by Crippen LogP contribution is 2.24. The predicted octanol–water partition coefficient (Wildman–Crippen LogP) is 2.81. The molecule has 0 aliphatic heterocycles. The molecule has 2 atom stereocenters. The zero-order chi connectivity index (χ0) is 17.4. The van der Waals surface area contributed by atoms with Crippen molar-refractivity contribution in [1.29, 1.82) is 0 Å². The van der Waals surface area contributed by atoms with Crippen LogP contribution in [-0.2, 0) is 9.53 Å². The lowest BCUT2D eigenvalue weighted by molar-refractivity contribution is -0.144. The van der Waals surface area contributed by atoms with Gasteiger partial charge in [0.15, 0.2) is 0 Å². The first-order valence-corrected chi connectivity index (χ1v) is 7.92. The average molecular weight is 329 g/mol. The van der Waals surface area contributed by atoms with Gasteiger partial charge in [-0.2, -0.15) is 0 Å². The third-order valence-electron chi connectivity index (χ3n) is 3.78. The van der Waals surface area contributed by atoms with Crippen molar-refractivity contribution in [2.75, 3.05) is 25.6 Å². The summed E-state index contributed by atoms with van der Waals surface area (Å²) in [5, 5.41) is 13.0. The van der Waals surface area contributed by atoms with Crippen LogP contribution in [0, 0.1) is 0 Å². The smallest absolute Gasteiger partial charge is 0.329 e. The van der Waals surface area contributed by atoms with E-state index in [1.165, 1.54) is 0 Å². The molecule has 0 aromatic heterocycles. The van der Waals surface area contributed by atoms with Crippen LogP contribution in [0.4, 0.5) is 5.69 Å². The van der Waals surface area contributed by atoms with Crippen molar-refractivity contribution in [3.63, 3.8) is 0 Å². The first kappa shape index (κ1) is 17.8. The van der Waals surface area contributed by atoms with Gasteiger partial charge in [0.2, 0.25) is 0 Å². The highest BCUT2D eigenvalue weighted by atomic mass is 16.5. The van der Waals surface area contributed by atoms with Gasteiger partial charge in [-0.25, -0.2) is 4.79 Å². The van der Waals surface area contributed by atoms with Crippen LogP contribution < -0.4 is 10.1 Å². The minimum absolute atomic E-state index is 0.170. The number of nitrogens with one attached hydrogen (secondary N) is 1. The van der Waals surface area contributed by atoms with Crippen LogP contribution in [-0.4, -0.2) is 37.4 Å². The van der Waals surface area contributed by atoms with E-state index in [9.17, 15) is 9.90 Å². The van der Waals surface area contributed by atoms with Crippen molar-refractivity contribution >= 4 is 11.7 Å². The molecule has 0 saturated heterocycles. The SMILES string of the molecule is CCOC(=O)[C@@H](Nc1ccc(OC)cc1)[C@@H](CO)c1ccccc1. The molecule has 24 heavy (non-hydrogen) atoms. The number of carbonyl (C=O) groups excluding carboxylic acids is 1. The first-order valence-electron chi connectivity index (χ1n) is 7.92. The van der Waals surface area contributed by atoms with Crippen molar-refractivity contribution in [1.82, 2.24) is 0 Å². The van der Waals surface area contributed by atoms with Crippen molar-refractivity contribution in [2.45, 2.75) is 18.9 Å². The fraction of sp³-hybridized carbons (Fsp3) is 0.316. The Morgan fingerprint density at radius 3 is 2.33 bits per heavy atom. The number of ether oxygens (including phenoxy) is 2. The summed E-state index contributed by atoms with van der Waals surface area (Å²) in [6, 6.07) is 16.0. The zero-order valence-electron chi connectivity index (χ0n) is 13.9. The highest BCUT2D eigenvalue weighted by Gasteiger charge is 2.30. The Hall–Kier alpha value is -2.53. The van der Waals surface area contributed by atoms with E-state index in [-0.39, 0.29) is 13.2 Å². The van der Waals surface area contributed by atoms with Gasteiger partial charge in [0.05, 0.1) is 20.3 Å². The van der Waals surface area contributed by atoms with Gasteiger partial charge in [-0.05, 0) is 36.8 Å². The molecule has 2 aromatic rings. The van der Waals surface area contributed by atoms with E-state index in [4.69, 9.17) is 9.47 Å². The Morgan fingerprint density at radius 2 is 1.79 bits per heavy atom.